The lowest BCUT2D eigenvalue weighted by molar-refractivity contribution is -0.143. The van der Waals surface area contributed by atoms with Crippen LogP contribution in [0, 0.1) is 17.8 Å². The number of hydrogen-bond acceptors (Lipinski definition) is 10. The number of methoxy groups -OCH3 is 1. The Balaban J connectivity index is 2.99. The molecule has 10 nitrogen and oxygen atoms in total. The van der Waals surface area contributed by atoms with E-state index in [1.807, 2.05) is 41.5 Å². The highest BCUT2D eigenvalue weighted by molar-refractivity contribution is 5.77. The zero-order valence-electron chi connectivity index (χ0n) is 25.9. The third kappa shape index (κ3) is 15.4. The lowest BCUT2D eigenvalue weighted by Crippen LogP contribution is -2.43. The molecule has 1 aromatic rings. The van der Waals surface area contributed by atoms with Crippen molar-refractivity contribution in [2.24, 2.45) is 17.8 Å². The SMILES string of the molecule is CCC(C)COC(=O)OC(C)CN[C@@H](Cc1ccc(OC(=O)CCC(C)C)c(OC(=O)CCC(C)C)c1)C(=O)OC. The number of carbonyl (C=O) groups is 4. The molecule has 41 heavy (non-hydrogen) atoms. The van der Waals surface area contributed by atoms with Crippen LogP contribution >= 0.6 is 0 Å². The van der Waals surface area contributed by atoms with Crippen molar-refractivity contribution in [1.29, 1.82) is 0 Å². The molecule has 0 bridgehead atoms. The summed E-state index contributed by atoms with van der Waals surface area (Å²) in [5, 5.41) is 3.07. The maximum Gasteiger partial charge on any atom is 0.508 e. The van der Waals surface area contributed by atoms with Crippen molar-refractivity contribution in [3.63, 3.8) is 0 Å². The lowest BCUT2D eigenvalue weighted by atomic mass is 10.0. The molecular weight excluding hydrogens is 530 g/mol. The van der Waals surface area contributed by atoms with Crippen molar-refractivity contribution in [2.75, 3.05) is 20.3 Å². The first-order chi connectivity index (χ1) is 19.3. The number of rotatable bonds is 18. The van der Waals surface area contributed by atoms with Crippen LogP contribution in [-0.2, 0) is 35.0 Å². The van der Waals surface area contributed by atoms with E-state index in [1.54, 1.807) is 25.1 Å². The Morgan fingerprint density at radius 1 is 0.854 bits per heavy atom. The van der Waals surface area contributed by atoms with Gasteiger partial charge in [-0.25, -0.2) is 4.79 Å². The van der Waals surface area contributed by atoms with Crippen LogP contribution in [0.2, 0.25) is 0 Å². The fraction of sp³-hybridized carbons (Fsp3) is 0.677. The summed E-state index contributed by atoms with van der Waals surface area (Å²) in [5.74, 6) is -0.239. The van der Waals surface area contributed by atoms with Crippen molar-refractivity contribution in [1.82, 2.24) is 5.32 Å². The lowest BCUT2D eigenvalue weighted by Gasteiger charge is -2.20. The van der Waals surface area contributed by atoms with Crippen LogP contribution in [0.25, 0.3) is 0 Å². The number of carbonyl (C=O) groups excluding carboxylic acids is 4. The summed E-state index contributed by atoms with van der Waals surface area (Å²) in [6.07, 6.45) is 1.49. The molecule has 232 valence electrons. The van der Waals surface area contributed by atoms with Crippen LogP contribution in [0.5, 0.6) is 11.5 Å². The molecule has 0 aromatic heterocycles. The highest BCUT2D eigenvalue weighted by Gasteiger charge is 2.23. The van der Waals surface area contributed by atoms with E-state index >= 15 is 0 Å². The van der Waals surface area contributed by atoms with Gasteiger partial charge in [-0.2, -0.15) is 0 Å². The Morgan fingerprint density at radius 2 is 1.44 bits per heavy atom. The molecule has 0 aliphatic carbocycles. The van der Waals surface area contributed by atoms with E-state index in [4.69, 9.17) is 23.7 Å². The molecule has 1 aromatic carbocycles. The zero-order valence-corrected chi connectivity index (χ0v) is 25.9. The van der Waals surface area contributed by atoms with Gasteiger partial charge >= 0.3 is 24.1 Å². The highest BCUT2D eigenvalue weighted by atomic mass is 16.7. The Morgan fingerprint density at radius 3 is 1.98 bits per heavy atom. The fourth-order valence-electron chi connectivity index (χ4n) is 3.50. The van der Waals surface area contributed by atoms with E-state index in [0.29, 0.717) is 30.2 Å². The molecule has 0 spiro atoms. The summed E-state index contributed by atoms with van der Waals surface area (Å²) in [5.41, 5.74) is 0.642. The third-order valence-corrected chi connectivity index (χ3v) is 6.36. The van der Waals surface area contributed by atoms with Crippen LogP contribution in [0.1, 0.15) is 86.1 Å². The molecule has 0 heterocycles. The molecule has 1 N–H and O–H groups in total. The maximum absolute atomic E-state index is 12.5. The molecule has 0 aliphatic rings. The van der Waals surface area contributed by atoms with Gasteiger partial charge in [-0.15, -0.1) is 0 Å². The number of ether oxygens (including phenoxy) is 5. The molecule has 0 amide bonds. The van der Waals surface area contributed by atoms with Gasteiger partial charge < -0.3 is 29.0 Å². The maximum atomic E-state index is 12.5. The molecule has 2 unspecified atom stereocenters. The van der Waals surface area contributed by atoms with Gasteiger partial charge in [-0.1, -0.05) is 54.0 Å². The second-order valence-corrected chi connectivity index (χ2v) is 11.3. The van der Waals surface area contributed by atoms with Crippen LogP contribution in [0.3, 0.4) is 0 Å². The zero-order chi connectivity index (χ0) is 30.9. The largest absolute Gasteiger partial charge is 0.508 e. The molecule has 0 fully saturated rings. The molecule has 3 atom stereocenters. The average molecular weight is 580 g/mol. The number of hydrogen-bond donors (Lipinski definition) is 1. The van der Waals surface area contributed by atoms with E-state index in [9.17, 15) is 19.2 Å². The summed E-state index contributed by atoms with van der Waals surface area (Å²) >= 11 is 0. The van der Waals surface area contributed by atoms with Gasteiger partial charge in [0.05, 0.1) is 13.7 Å². The normalized spacial score (nSPS) is 13.3. The summed E-state index contributed by atoms with van der Waals surface area (Å²) < 4.78 is 26.5. The van der Waals surface area contributed by atoms with Gasteiger partial charge in [-0.05, 0) is 61.6 Å². The molecule has 1 rings (SSSR count). The van der Waals surface area contributed by atoms with Crippen molar-refractivity contribution in [3.8, 4) is 11.5 Å². The van der Waals surface area contributed by atoms with Gasteiger partial charge in [-0.3, -0.25) is 14.4 Å². The van der Waals surface area contributed by atoms with Crippen LogP contribution in [-0.4, -0.2) is 56.5 Å². The van der Waals surface area contributed by atoms with Crippen LogP contribution in [0.4, 0.5) is 4.79 Å². The third-order valence-electron chi connectivity index (χ3n) is 6.36. The second-order valence-electron chi connectivity index (χ2n) is 11.3. The van der Waals surface area contributed by atoms with Gasteiger partial charge in [0.2, 0.25) is 0 Å². The van der Waals surface area contributed by atoms with Crippen LogP contribution < -0.4 is 14.8 Å². The Kier molecular flexibility index (Phi) is 16.7. The first-order valence-electron chi connectivity index (χ1n) is 14.5. The van der Waals surface area contributed by atoms with Gasteiger partial charge in [0.1, 0.15) is 12.1 Å². The summed E-state index contributed by atoms with van der Waals surface area (Å²) in [6, 6.07) is 4.05. The predicted molar refractivity (Wildman–Crippen MR) is 155 cm³/mol. The Hall–Kier alpha value is -3.14. The minimum atomic E-state index is -0.786. The number of benzene rings is 1. The minimum absolute atomic E-state index is 0.110. The van der Waals surface area contributed by atoms with Crippen molar-refractivity contribution in [3.05, 3.63) is 23.8 Å². The predicted octanol–water partition coefficient (Wildman–Crippen LogP) is 5.63. The molecule has 0 saturated carbocycles. The molecule has 0 aliphatic heterocycles. The smallest absolute Gasteiger partial charge is 0.468 e. The first kappa shape index (κ1) is 35.9. The van der Waals surface area contributed by atoms with E-state index in [-0.39, 0.29) is 49.8 Å². The topological polar surface area (TPSA) is 126 Å². The summed E-state index contributed by atoms with van der Waals surface area (Å²) in [6.45, 7) is 14.2. The first-order valence-corrected chi connectivity index (χ1v) is 14.5. The quantitative estimate of drug-likeness (QED) is 0.173. The minimum Gasteiger partial charge on any atom is -0.468 e. The van der Waals surface area contributed by atoms with Crippen molar-refractivity contribution < 1.29 is 42.9 Å². The molecule has 10 heteroatoms. The molecule has 0 radical (unpaired) electrons. The highest BCUT2D eigenvalue weighted by Crippen LogP contribution is 2.30. The van der Waals surface area contributed by atoms with Crippen molar-refractivity contribution >= 4 is 24.1 Å². The number of esters is 3. The Labute approximate surface area is 244 Å². The second kappa shape index (κ2) is 19.1. The van der Waals surface area contributed by atoms with E-state index < -0.39 is 36.2 Å². The molecule has 0 saturated heterocycles. The van der Waals surface area contributed by atoms with E-state index in [0.717, 1.165) is 6.42 Å². The molecular formula is C31H49NO9. The average Bonchev–Trinajstić information content (AvgIpc) is 2.92. The van der Waals surface area contributed by atoms with Crippen molar-refractivity contribution in [2.45, 2.75) is 99.1 Å². The summed E-state index contributed by atoms with van der Waals surface area (Å²) in [7, 11) is 1.28. The number of nitrogens with one attached hydrogen (secondary N) is 1. The Bertz CT molecular complexity index is 976. The monoisotopic (exact) mass is 579 g/mol. The van der Waals surface area contributed by atoms with Gasteiger partial charge in [0, 0.05) is 19.4 Å². The summed E-state index contributed by atoms with van der Waals surface area (Å²) in [4.78, 5) is 49.4. The van der Waals surface area contributed by atoms with E-state index in [1.165, 1.54) is 7.11 Å². The van der Waals surface area contributed by atoms with Crippen LogP contribution in [0.15, 0.2) is 18.2 Å². The van der Waals surface area contributed by atoms with E-state index in [2.05, 4.69) is 5.32 Å². The standard InChI is InChI=1S/C31H49NO9/c1-9-22(6)19-38-31(36)39-23(7)18-32-25(30(35)37-8)16-24-12-13-26(40-28(33)14-10-20(2)3)27(17-24)41-29(34)15-11-21(4)5/h12-13,17,20-23,25,32H,9-11,14-16,18-19H2,1-8H3/t22?,23?,25-/m0/s1. The van der Waals surface area contributed by atoms with Gasteiger partial charge in [0.25, 0.3) is 0 Å². The fourth-order valence-corrected chi connectivity index (χ4v) is 3.50. The van der Waals surface area contributed by atoms with Gasteiger partial charge in [0.15, 0.2) is 11.5 Å².